The van der Waals surface area contributed by atoms with Gasteiger partial charge < -0.3 is 4.74 Å². The Bertz CT molecular complexity index is 646. The zero-order valence-electron chi connectivity index (χ0n) is 9.99. The first kappa shape index (κ1) is 12.3. The van der Waals surface area contributed by atoms with Crippen LogP contribution < -0.4 is 5.01 Å². The molecule has 0 saturated heterocycles. The minimum absolute atomic E-state index is 0.0352. The normalized spacial score (nSPS) is 13.6. The molecular formula is C13H8N4O2. The van der Waals surface area contributed by atoms with Gasteiger partial charge in [-0.05, 0) is 12.1 Å². The van der Waals surface area contributed by atoms with Crippen molar-refractivity contribution in [3.63, 3.8) is 0 Å². The Labute approximate surface area is 109 Å². The van der Waals surface area contributed by atoms with E-state index in [4.69, 9.17) is 15.3 Å². The van der Waals surface area contributed by atoms with Crippen LogP contribution in [0.3, 0.4) is 0 Å². The molecule has 6 nitrogen and oxygen atoms in total. The lowest BCUT2D eigenvalue weighted by Gasteiger charge is -2.10. The number of para-hydroxylation sites is 1. The van der Waals surface area contributed by atoms with Gasteiger partial charge in [0.2, 0.25) is 5.90 Å². The number of allylic oxidation sites excluding steroid dienone is 1. The van der Waals surface area contributed by atoms with Gasteiger partial charge in [-0.3, -0.25) is 4.79 Å². The molecule has 2 rings (SSSR count). The van der Waals surface area contributed by atoms with E-state index in [-0.39, 0.29) is 17.0 Å². The highest BCUT2D eigenvalue weighted by Crippen LogP contribution is 2.25. The van der Waals surface area contributed by atoms with Gasteiger partial charge in [0.25, 0.3) is 5.91 Å². The van der Waals surface area contributed by atoms with Gasteiger partial charge in [-0.25, -0.2) is 0 Å². The van der Waals surface area contributed by atoms with Crippen LogP contribution in [0.1, 0.15) is 0 Å². The Hall–Kier alpha value is -3.12. The number of benzene rings is 1. The van der Waals surface area contributed by atoms with Crippen LogP contribution in [0.25, 0.3) is 0 Å². The van der Waals surface area contributed by atoms with Gasteiger partial charge in [0.05, 0.1) is 12.8 Å². The van der Waals surface area contributed by atoms with E-state index in [1.165, 1.54) is 7.11 Å². The lowest BCUT2D eigenvalue weighted by molar-refractivity contribution is -0.114. The van der Waals surface area contributed by atoms with E-state index in [9.17, 15) is 4.79 Å². The third-order valence-electron chi connectivity index (χ3n) is 2.48. The molecule has 6 heteroatoms. The zero-order valence-corrected chi connectivity index (χ0v) is 9.99. The van der Waals surface area contributed by atoms with Gasteiger partial charge in [0, 0.05) is 0 Å². The van der Waals surface area contributed by atoms with Crippen LogP contribution in [0.5, 0.6) is 0 Å². The molecule has 1 heterocycles. The standard InChI is InChI=1S/C13H8N4O2/c1-19-12-11(9(7-14)8-15)13(18)17(16-12)10-5-3-2-4-6-10/h2-6H,1H3. The minimum atomic E-state index is -0.554. The Morgan fingerprint density at radius 3 is 2.42 bits per heavy atom. The van der Waals surface area contributed by atoms with Crippen molar-refractivity contribution in [3.8, 4) is 12.1 Å². The summed E-state index contributed by atoms with van der Waals surface area (Å²) in [4.78, 5) is 12.2. The Morgan fingerprint density at radius 2 is 1.89 bits per heavy atom. The molecule has 1 aliphatic heterocycles. The van der Waals surface area contributed by atoms with E-state index in [2.05, 4.69) is 5.10 Å². The molecule has 92 valence electrons. The molecule has 0 aliphatic carbocycles. The number of ether oxygens (including phenoxy) is 1. The van der Waals surface area contributed by atoms with E-state index < -0.39 is 5.91 Å². The van der Waals surface area contributed by atoms with Crippen molar-refractivity contribution in [2.75, 3.05) is 12.1 Å². The van der Waals surface area contributed by atoms with Crippen LogP contribution in [0.15, 0.2) is 46.6 Å². The number of nitrogens with zero attached hydrogens (tertiary/aromatic N) is 4. The number of carbonyl (C=O) groups excluding carboxylic acids is 1. The summed E-state index contributed by atoms with van der Waals surface area (Å²) in [5.74, 6) is -0.590. The molecule has 1 aliphatic rings. The highest BCUT2D eigenvalue weighted by Gasteiger charge is 2.35. The van der Waals surface area contributed by atoms with Crippen LogP contribution in [-0.4, -0.2) is 18.9 Å². The van der Waals surface area contributed by atoms with Crippen molar-refractivity contribution in [2.24, 2.45) is 5.10 Å². The number of rotatable bonds is 1. The number of amides is 1. The lowest BCUT2D eigenvalue weighted by Crippen LogP contribution is -2.22. The Kier molecular flexibility index (Phi) is 3.26. The molecule has 19 heavy (non-hydrogen) atoms. The maximum atomic E-state index is 12.2. The molecule has 0 unspecified atom stereocenters. The second-order valence-electron chi connectivity index (χ2n) is 3.54. The third-order valence-corrected chi connectivity index (χ3v) is 2.48. The SMILES string of the molecule is COC1=NN(c2ccccc2)C(=O)C1=C(C#N)C#N. The monoisotopic (exact) mass is 252 g/mol. The summed E-state index contributed by atoms with van der Waals surface area (Å²) in [6, 6.07) is 12.0. The number of hydrazone groups is 1. The summed E-state index contributed by atoms with van der Waals surface area (Å²) in [7, 11) is 1.33. The van der Waals surface area contributed by atoms with Crippen LogP contribution in [0, 0.1) is 22.7 Å². The van der Waals surface area contributed by atoms with Crippen LogP contribution in [-0.2, 0) is 9.53 Å². The van der Waals surface area contributed by atoms with E-state index in [1.807, 2.05) is 0 Å². The third kappa shape index (κ3) is 2.03. The van der Waals surface area contributed by atoms with Crippen molar-refractivity contribution in [1.29, 1.82) is 10.5 Å². The first-order valence-corrected chi connectivity index (χ1v) is 5.30. The summed E-state index contributed by atoms with van der Waals surface area (Å²) in [6.45, 7) is 0. The zero-order chi connectivity index (χ0) is 13.8. The van der Waals surface area contributed by atoms with Gasteiger partial charge in [-0.15, -0.1) is 5.10 Å². The summed E-state index contributed by atoms with van der Waals surface area (Å²) >= 11 is 0. The van der Waals surface area contributed by atoms with Gasteiger partial charge in [0.1, 0.15) is 23.3 Å². The lowest BCUT2D eigenvalue weighted by atomic mass is 10.1. The smallest absolute Gasteiger partial charge is 0.286 e. The van der Waals surface area contributed by atoms with Crippen LogP contribution in [0.2, 0.25) is 0 Å². The fraction of sp³-hybridized carbons (Fsp3) is 0.0769. The summed E-state index contributed by atoms with van der Waals surface area (Å²) in [5.41, 5.74) is 0.104. The van der Waals surface area contributed by atoms with Crippen molar-refractivity contribution in [2.45, 2.75) is 0 Å². The minimum Gasteiger partial charge on any atom is -0.479 e. The molecular weight excluding hydrogens is 244 g/mol. The molecule has 0 fully saturated rings. The van der Waals surface area contributed by atoms with Gasteiger partial charge in [0.15, 0.2) is 0 Å². The molecule has 1 amide bonds. The molecule has 0 aromatic heterocycles. The number of hydrogen-bond acceptors (Lipinski definition) is 5. The molecule has 0 saturated carbocycles. The topological polar surface area (TPSA) is 89.5 Å². The van der Waals surface area contributed by atoms with E-state index in [1.54, 1.807) is 42.5 Å². The van der Waals surface area contributed by atoms with Crippen molar-refractivity contribution in [1.82, 2.24) is 0 Å². The number of anilines is 1. The van der Waals surface area contributed by atoms with Crippen LogP contribution in [0.4, 0.5) is 5.69 Å². The van der Waals surface area contributed by atoms with Crippen molar-refractivity contribution >= 4 is 17.5 Å². The summed E-state index contributed by atoms with van der Waals surface area (Å²) < 4.78 is 4.96. The summed E-state index contributed by atoms with van der Waals surface area (Å²) in [5, 5.41) is 22.8. The summed E-state index contributed by atoms with van der Waals surface area (Å²) in [6.07, 6.45) is 0. The highest BCUT2D eigenvalue weighted by atomic mass is 16.5. The van der Waals surface area contributed by atoms with Crippen molar-refractivity contribution < 1.29 is 9.53 Å². The predicted octanol–water partition coefficient (Wildman–Crippen LogP) is 1.34. The Morgan fingerprint density at radius 1 is 1.26 bits per heavy atom. The second-order valence-corrected chi connectivity index (χ2v) is 3.54. The largest absolute Gasteiger partial charge is 0.479 e. The van der Waals surface area contributed by atoms with Crippen molar-refractivity contribution in [3.05, 3.63) is 41.5 Å². The number of carbonyl (C=O) groups is 1. The fourth-order valence-corrected chi connectivity index (χ4v) is 1.62. The average Bonchev–Trinajstić information content (AvgIpc) is 2.79. The maximum absolute atomic E-state index is 12.2. The number of nitriles is 2. The predicted molar refractivity (Wildman–Crippen MR) is 66.6 cm³/mol. The Balaban J connectivity index is 2.53. The second kappa shape index (κ2) is 5.03. The molecule has 0 atom stereocenters. The molecule has 1 aromatic rings. The molecule has 0 bridgehead atoms. The van der Waals surface area contributed by atoms with E-state index in [0.29, 0.717) is 5.69 Å². The molecule has 0 radical (unpaired) electrons. The van der Waals surface area contributed by atoms with E-state index >= 15 is 0 Å². The quantitative estimate of drug-likeness (QED) is 0.557. The number of hydrogen-bond donors (Lipinski definition) is 0. The van der Waals surface area contributed by atoms with Gasteiger partial charge >= 0.3 is 0 Å². The average molecular weight is 252 g/mol. The van der Waals surface area contributed by atoms with Crippen LogP contribution >= 0.6 is 0 Å². The molecule has 1 aromatic carbocycles. The van der Waals surface area contributed by atoms with E-state index in [0.717, 1.165) is 5.01 Å². The first-order valence-electron chi connectivity index (χ1n) is 5.30. The molecule has 0 spiro atoms. The number of methoxy groups -OCH3 is 1. The highest BCUT2D eigenvalue weighted by molar-refractivity contribution is 6.29. The van der Waals surface area contributed by atoms with Gasteiger partial charge in [-0.2, -0.15) is 15.5 Å². The maximum Gasteiger partial charge on any atom is 0.286 e. The fourth-order valence-electron chi connectivity index (χ4n) is 1.62. The first-order chi connectivity index (χ1) is 9.22. The van der Waals surface area contributed by atoms with Gasteiger partial charge in [-0.1, -0.05) is 18.2 Å². The molecule has 0 N–H and O–H groups in total.